The summed E-state index contributed by atoms with van der Waals surface area (Å²) in [5.41, 5.74) is 5.53. The van der Waals surface area contributed by atoms with Gasteiger partial charge in [0, 0.05) is 29.5 Å². The van der Waals surface area contributed by atoms with Crippen molar-refractivity contribution in [3.8, 4) is 0 Å². The number of anilines is 2. The molecule has 2 aliphatic rings. The van der Waals surface area contributed by atoms with Crippen LogP contribution in [0.5, 0.6) is 0 Å². The molecule has 0 aromatic heterocycles. The minimum Gasteiger partial charge on any atom is -0.459 e. The lowest BCUT2D eigenvalue weighted by atomic mass is 9.83. The molecule has 3 aromatic carbocycles. The molecule has 0 bridgehead atoms. The number of nitrogens with two attached hydrogens (primary N) is 1. The average Bonchev–Trinajstić information content (AvgIpc) is 3.65. The van der Waals surface area contributed by atoms with Gasteiger partial charge in [0.05, 0.1) is 29.6 Å². The fourth-order valence-corrected chi connectivity index (χ4v) is 7.29. The first-order chi connectivity index (χ1) is 25.7. The van der Waals surface area contributed by atoms with Crippen LogP contribution in [0.2, 0.25) is 0 Å². The summed E-state index contributed by atoms with van der Waals surface area (Å²) in [6.45, 7) is 4.02. The van der Waals surface area contributed by atoms with Crippen LogP contribution >= 0.6 is 0 Å². The van der Waals surface area contributed by atoms with Crippen molar-refractivity contribution in [3.63, 3.8) is 0 Å². The van der Waals surface area contributed by atoms with E-state index in [4.69, 9.17) is 10.5 Å². The lowest BCUT2D eigenvalue weighted by Gasteiger charge is -2.41. The maximum atomic E-state index is 15.1. The number of carbonyl (C=O) groups is 4. The van der Waals surface area contributed by atoms with Gasteiger partial charge in [0.1, 0.15) is 18.5 Å². The Kier molecular flexibility index (Phi) is 13.0. The fourth-order valence-electron chi connectivity index (χ4n) is 7.29. The topological polar surface area (TPSA) is 143 Å². The number of ether oxygens (including phenoxy) is 1. The molecular formula is C40H47F4N5O5. The van der Waals surface area contributed by atoms with Crippen LogP contribution in [0.3, 0.4) is 0 Å². The second kappa shape index (κ2) is 17.4. The van der Waals surface area contributed by atoms with E-state index in [-0.39, 0.29) is 29.9 Å². The fraction of sp³-hybridized carbons (Fsp3) is 0.450. The number of carbonyl (C=O) groups excluding carboxylic acids is 4. The Bertz CT molecular complexity index is 1810. The van der Waals surface area contributed by atoms with Gasteiger partial charge in [-0.15, -0.1) is 0 Å². The number of benzene rings is 3. The summed E-state index contributed by atoms with van der Waals surface area (Å²) in [4.78, 5) is 54.1. The minimum atomic E-state index is -4.88. The Morgan fingerprint density at radius 3 is 2.26 bits per heavy atom. The van der Waals surface area contributed by atoms with Crippen molar-refractivity contribution in [1.29, 1.82) is 0 Å². The van der Waals surface area contributed by atoms with E-state index in [0.717, 1.165) is 43.5 Å². The van der Waals surface area contributed by atoms with Crippen molar-refractivity contribution in [2.75, 3.05) is 23.7 Å². The summed E-state index contributed by atoms with van der Waals surface area (Å²) in [6, 6.07) is 13.3. The number of likely N-dealkylation sites (tertiary alicyclic amines) is 1. The molecule has 3 aromatic rings. The Morgan fingerprint density at radius 2 is 1.63 bits per heavy atom. The number of halogens is 4. The van der Waals surface area contributed by atoms with Crippen molar-refractivity contribution in [2.24, 2.45) is 17.6 Å². The van der Waals surface area contributed by atoms with Gasteiger partial charge in [-0.25, -0.2) is 9.18 Å². The first-order valence-electron chi connectivity index (χ1n) is 18.3. The molecule has 1 aliphatic heterocycles. The van der Waals surface area contributed by atoms with Gasteiger partial charge in [0.2, 0.25) is 11.8 Å². The molecule has 290 valence electrons. The van der Waals surface area contributed by atoms with Gasteiger partial charge in [0.15, 0.2) is 0 Å². The Labute approximate surface area is 312 Å². The standard InChI is InChI=1S/C40H47F4N5O5/c1-23(2)35(48-33(50)21-45)39(53)54-22-26-15-18-29(20-31(26)40(42,43)44)47-37(51)30-11-7-19-49(38(52)34-24(3)8-6-12-32(34)41)36(30)25-13-16-28(17-14-25)46-27-9-4-5-10-27/h6,8,12-18,20,23,27,30,35-36,46H,4-5,7,9-11,19,21-22,45H2,1-3H3,(H,47,51)(H,48,50)/t30-,35+,36-/m0/s1. The predicted molar refractivity (Wildman–Crippen MR) is 196 cm³/mol. The highest BCUT2D eigenvalue weighted by atomic mass is 19.4. The Balaban J connectivity index is 1.41. The highest BCUT2D eigenvalue weighted by Gasteiger charge is 2.41. The van der Waals surface area contributed by atoms with Gasteiger partial charge in [0.25, 0.3) is 5.91 Å². The Morgan fingerprint density at radius 1 is 0.944 bits per heavy atom. The summed E-state index contributed by atoms with van der Waals surface area (Å²) in [7, 11) is 0. The van der Waals surface area contributed by atoms with E-state index < -0.39 is 71.8 Å². The molecule has 10 nitrogen and oxygen atoms in total. The zero-order valence-corrected chi connectivity index (χ0v) is 30.6. The van der Waals surface area contributed by atoms with Crippen LogP contribution < -0.4 is 21.7 Å². The van der Waals surface area contributed by atoms with Gasteiger partial charge in [-0.2, -0.15) is 13.2 Å². The molecule has 0 spiro atoms. The molecule has 5 N–H and O–H groups in total. The molecule has 2 fully saturated rings. The SMILES string of the molecule is Cc1cccc(F)c1C(=O)N1CCC[C@H](C(=O)Nc2ccc(COC(=O)[C@H](NC(=O)CN)C(C)C)c(C(F)(F)F)c2)[C@@H]1c1ccc(NC2CCCC2)cc1. The number of esters is 1. The minimum absolute atomic E-state index is 0.101. The van der Waals surface area contributed by atoms with Gasteiger partial charge in [-0.05, 0) is 80.0 Å². The summed E-state index contributed by atoms with van der Waals surface area (Å²) in [5.74, 6) is -4.75. The number of alkyl halides is 3. The third kappa shape index (κ3) is 9.57. The largest absolute Gasteiger partial charge is 0.459 e. The van der Waals surface area contributed by atoms with Gasteiger partial charge in [-0.1, -0.05) is 57.0 Å². The molecule has 3 atom stereocenters. The smallest absolute Gasteiger partial charge is 0.416 e. The van der Waals surface area contributed by atoms with Crippen LogP contribution in [0.25, 0.3) is 0 Å². The first kappa shape index (κ1) is 40.2. The number of nitrogens with zero attached hydrogens (tertiary/aromatic N) is 1. The molecule has 0 unspecified atom stereocenters. The van der Waals surface area contributed by atoms with Crippen LogP contribution in [-0.2, 0) is 31.9 Å². The van der Waals surface area contributed by atoms with Crippen LogP contribution in [0.1, 0.15) is 91.0 Å². The van der Waals surface area contributed by atoms with Crippen molar-refractivity contribution in [2.45, 2.75) is 90.2 Å². The molecule has 3 amide bonds. The molecule has 14 heteroatoms. The number of piperidine rings is 1. The lowest BCUT2D eigenvalue weighted by molar-refractivity contribution is -0.152. The van der Waals surface area contributed by atoms with Crippen LogP contribution in [-0.4, -0.2) is 53.8 Å². The zero-order chi connectivity index (χ0) is 39.2. The normalized spacial score (nSPS) is 18.3. The van der Waals surface area contributed by atoms with Crippen molar-refractivity contribution in [1.82, 2.24) is 10.2 Å². The second-order valence-corrected chi connectivity index (χ2v) is 14.3. The summed E-state index contributed by atoms with van der Waals surface area (Å²) >= 11 is 0. The van der Waals surface area contributed by atoms with Crippen molar-refractivity contribution in [3.05, 3.63) is 94.3 Å². The highest BCUT2D eigenvalue weighted by molar-refractivity contribution is 5.98. The maximum absolute atomic E-state index is 15.1. The van der Waals surface area contributed by atoms with E-state index >= 15 is 4.39 Å². The quantitative estimate of drug-likeness (QED) is 0.117. The van der Waals surface area contributed by atoms with E-state index in [1.807, 2.05) is 24.3 Å². The molecule has 1 saturated carbocycles. The van der Waals surface area contributed by atoms with Crippen LogP contribution in [0.15, 0.2) is 60.7 Å². The molecule has 1 saturated heterocycles. The maximum Gasteiger partial charge on any atom is 0.416 e. The average molecular weight is 754 g/mol. The number of aryl methyl sites for hydroxylation is 1. The van der Waals surface area contributed by atoms with E-state index in [9.17, 15) is 32.3 Å². The molecular weight excluding hydrogens is 706 g/mol. The first-order valence-corrected chi connectivity index (χ1v) is 18.3. The molecule has 5 rings (SSSR count). The number of nitrogens with one attached hydrogen (secondary N) is 3. The van der Waals surface area contributed by atoms with Crippen molar-refractivity contribution >= 4 is 35.1 Å². The summed E-state index contributed by atoms with van der Waals surface area (Å²) in [6.07, 6.45) is 0.260. The third-order valence-electron chi connectivity index (χ3n) is 10.1. The van der Waals surface area contributed by atoms with Gasteiger partial charge < -0.3 is 31.3 Å². The van der Waals surface area contributed by atoms with Crippen LogP contribution in [0, 0.1) is 24.6 Å². The molecule has 0 radical (unpaired) electrons. The number of amides is 3. The summed E-state index contributed by atoms with van der Waals surface area (Å²) in [5, 5.41) is 8.56. The Hall–Kier alpha value is -4.98. The summed E-state index contributed by atoms with van der Waals surface area (Å²) < 4.78 is 63.4. The zero-order valence-electron chi connectivity index (χ0n) is 30.6. The van der Waals surface area contributed by atoms with Gasteiger partial charge in [-0.3, -0.25) is 14.4 Å². The lowest BCUT2D eigenvalue weighted by Crippen LogP contribution is -2.47. The monoisotopic (exact) mass is 753 g/mol. The van der Waals surface area contributed by atoms with E-state index in [1.165, 1.54) is 23.1 Å². The number of rotatable bonds is 12. The second-order valence-electron chi connectivity index (χ2n) is 14.3. The van der Waals surface area contributed by atoms with E-state index in [0.29, 0.717) is 30.0 Å². The van der Waals surface area contributed by atoms with Crippen molar-refractivity contribution < 1.29 is 41.5 Å². The molecule has 1 aliphatic carbocycles. The highest BCUT2D eigenvalue weighted by Crippen LogP contribution is 2.40. The van der Waals surface area contributed by atoms with E-state index in [2.05, 4.69) is 16.0 Å². The predicted octanol–water partition coefficient (Wildman–Crippen LogP) is 6.88. The van der Waals surface area contributed by atoms with Gasteiger partial charge >= 0.3 is 12.1 Å². The molecule has 1 heterocycles. The number of hydrogen-bond acceptors (Lipinski definition) is 7. The number of hydrogen-bond donors (Lipinski definition) is 4. The molecule has 54 heavy (non-hydrogen) atoms. The third-order valence-corrected chi connectivity index (χ3v) is 10.1. The van der Waals surface area contributed by atoms with E-state index in [1.54, 1.807) is 26.8 Å². The van der Waals surface area contributed by atoms with Crippen LogP contribution in [0.4, 0.5) is 28.9 Å².